The van der Waals surface area contributed by atoms with E-state index in [1.54, 1.807) is 32.9 Å². The molecule has 0 aliphatic carbocycles. The number of rotatable bonds is 6. The Labute approximate surface area is 118 Å². The second-order valence-electron chi connectivity index (χ2n) is 5.03. The van der Waals surface area contributed by atoms with Crippen molar-refractivity contribution >= 4 is 17.7 Å². The summed E-state index contributed by atoms with van der Waals surface area (Å²) < 4.78 is 5.08. The van der Waals surface area contributed by atoms with Crippen LogP contribution in [-0.4, -0.2) is 48.0 Å². The number of nitrogens with zero attached hydrogens (tertiary/aromatic N) is 1. The summed E-state index contributed by atoms with van der Waals surface area (Å²) in [5.41, 5.74) is -0.866. The van der Waals surface area contributed by atoms with Crippen LogP contribution in [0.3, 0.4) is 0 Å². The predicted molar refractivity (Wildman–Crippen MR) is 77.7 cm³/mol. The molecule has 0 spiro atoms. The van der Waals surface area contributed by atoms with Crippen molar-refractivity contribution in [3.05, 3.63) is 24.3 Å². The number of hydrogen-bond acceptors (Lipinski definition) is 4. The SMILES string of the molecule is COc1ccc(SCC(=O)N(C)CC(C)(C)O)cc1. The van der Waals surface area contributed by atoms with Gasteiger partial charge < -0.3 is 14.7 Å². The van der Waals surface area contributed by atoms with E-state index < -0.39 is 5.60 Å². The molecule has 0 radical (unpaired) electrons. The van der Waals surface area contributed by atoms with Gasteiger partial charge in [-0.3, -0.25) is 4.79 Å². The van der Waals surface area contributed by atoms with Gasteiger partial charge in [0.25, 0.3) is 0 Å². The van der Waals surface area contributed by atoms with Gasteiger partial charge in [-0.25, -0.2) is 0 Å². The highest BCUT2D eigenvalue weighted by molar-refractivity contribution is 8.00. The number of amides is 1. The Hall–Kier alpha value is -1.20. The van der Waals surface area contributed by atoms with E-state index in [4.69, 9.17) is 4.74 Å². The number of likely N-dealkylation sites (N-methyl/N-ethyl adjacent to an activating group) is 1. The second kappa shape index (κ2) is 6.82. The van der Waals surface area contributed by atoms with Crippen LogP contribution in [0.2, 0.25) is 0 Å². The first kappa shape index (κ1) is 15.9. The minimum atomic E-state index is -0.866. The van der Waals surface area contributed by atoms with Crippen LogP contribution in [0.4, 0.5) is 0 Å². The van der Waals surface area contributed by atoms with Crippen molar-refractivity contribution in [1.29, 1.82) is 0 Å². The lowest BCUT2D eigenvalue weighted by Crippen LogP contribution is -2.40. The zero-order chi connectivity index (χ0) is 14.5. The Kier molecular flexibility index (Phi) is 5.69. The second-order valence-corrected chi connectivity index (χ2v) is 6.08. The van der Waals surface area contributed by atoms with E-state index >= 15 is 0 Å². The van der Waals surface area contributed by atoms with E-state index in [2.05, 4.69) is 0 Å². The molecule has 0 fully saturated rings. The first-order valence-corrected chi connectivity index (χ1v) is 7.03. The van der Waals surface area contributed by atoms with Crippen LogP contribution in [0.15, 0.2) is 29.2 Å². The minimum absolute atomic E-state index is 0.00273. The molecule has 0 saturated heterocycles. The molecular weight excluding hydrogens is 262 g/mol. The number of carbonyl (C=O) groups is 1. The monoisotopic (exact) mass is 283 g/mol. The Morgan fingerprint density at radius 3 is 2.42 bits per heavy atom. The first-order chi connectivity index (χ1) is 8.81. The minimum Gasteiger partial charge on any atom is -0.497 e. The summed E-state index contributed by atoms with van der Waals surface area (Å²) in [6.07, 6.45) is 0. The Balaban J connectivity index is 2.45. The number of ether oxygens (including phenoxy) is 1. The zero-order valence-electron chi connectivity index (χ0n) is 11.8. The lowest BCUT2D eigenvalue weighted by atomic mass is 10.1. The number of aliphatic hydroxyl groups is 1. The van der Waals surface area contributed by atoms with Crippen molar-refractivity contribution in [2.45, 2.75) is 24.3 Å². The van der Waals surface area contributed by atoms with Crippen molar-refractivity contribution in [1.82, 2.24) is 4.90 Å². The van der Waals surface area contributed by atoms with Crippen LogP contribution in [-0.2, 0) is 4.79 Å². The Morgan fingerprint density at radius 2 is 1.95 bits per heavy atom. The fourth-order valence-corrected chi connectivity index (χ4v) is 2.43. The van der Waals surface area contributed by atoms with Gasteiger partial charge in [-0.2, -0.15) is 0 Å². The van der Waals surface area contributed by atoms with Gasteiger partial charge in [0, 0.05) is 18.5 Å². The third-order valence-electron chi connectivity index (χ3n) is 2.47. The zero-order valence-corrected chi connectivity index (χ0v) is 12.7. The molecule has 106 valence electrons. The molecule has 0 aromatic heterocycles. The van der Waals surface area contributed by atoms with Crippen LogP contribution in [0.1, 0.15) is 13.8 Å². The highest BCUT2D eigenvalue weighted by Gasteiger charge is 2.19. The van der Waals surface area contributed by atoms with Crippen LogP contribution < -0.4 is 4.74 Å². The van der Waals surface area contributed by atoms with E-state index in [0.717, 1.165) is 10.6 Å². The molecule has 19 heavy (non-hydrogen) atoms. The molecule has 0 atom stereocenters. The van der Waals surface area contributed by atoms with Crippen molar-refractivity contribution in [3.63, 3.8) is 0 Å². The summed E-state index contributed by atoms with van der Waals surface area (Å²) in [6.45, 7) is 3.70. The molecule has 0 saturated carbocycles. The number of hydrogen-bond donors (Lipinski definition) is 1. The molecule has 1 aromatic rings. The average Bonchev–Trinajstić information content (AvgIpc) is 2.34. The molecule has 0 unspecified atom stereocenters. The molecule has 1 amide bonds. The molecule has 5 heteroatoms. The third kappa shape index (κ3) is 5.98. The molecule has 1 aromatic carbocycles. The molecule has 0 heterocycles. The predicted octanol–water partition coefficient (Wildman–Crippen LogP) is 2.02. The van der Waals surface area contributed by atoms with Crippen molar-refractivity contribution in [2.75, 3.05) is 26.5 Å². The van der Waals surface area contributed by atoms with Crippen molar-refractivity contribution < 1.29 is 14.6 Å². The van der Waals surface area contributed by atoms with Crippen molar-refractivity contribution in [2.24, 2.45) is 0 Å². The van der Waals surface area contributed by atoms with Gasteiger partial charge >= 0.3 is 0 Å². The summed E-state index contributed by atoms with van der Waals surface area (Å²) in [6, 6.07) is 7.58. The summed E-state index contributed by atoms with van der Waals surface area (Å²) in [4.78, 5) is 14.5. The maximum atomic E-state index is 11.9. The Morgan fingerprint density at radius 1 is 1.37 bits per heavy atom. The van der Waals surface area contributed by atoms with Gasteiger partial charge in [0.05, 0.1) is 18.5 Å². The van der Waals surface area contributed by atoms with Crippen LogP contribution >= 0.6 is 11.8 Å². The van der Waals surface area contributed by atoms with Gasteiger partial charge in [-0.15, -0.1) is 11.8 Å². The average molecular weight is 283 g/mol. The van der Waals surface area contributed by atoms with E-state index in [1.807, 2.05) is 24.3 Å². The van der Waals surface area contributed by atoms with Crippen molar-refractivity contribution in [3.8, 4) is 5.75 Å². The number of methoxy groups -OCH3 is 1. The van der Waals surface area contributed by atoms with Crippen LogP contribution in [0.25, 0.3) is 0 Å². The normalized spacial score (nSPS) is 11.2. The molecule has 1 rings (SSSR count). The number of thioether (sulfide) groups is 1. The molecule has 4 nitrogen and oxygen atoms in total. The largest absolute Gasteiger partial charge is 0.497 e. The van der Waals surface area contributed by atoms with E-state index in [1.165, 1.54) is 11.8 Å². The maximum Gasteiger partial charge on any atom is 0.232 e. The van der Waals surface area contributed by atoms with E-state index in [0.29, 0.717) is 12.3 Å². The summed E-state index contributed by atoms with van der Waals surface area (Å²) >= 11 is 1.47. The molecule has 0 bridgehead atoms. The fraction of sp³-hybridized carbons (Fsp3) is 0.500. The molecule has 0 aliphatic heterocycles. The van der Waals surface area contributed by atoms with Gasteiger partial charge in [0.2, 0.25) is 5.91 Å². The number of carbonyl (C=O) groups excluding carboxylic acids is 1. The summed E-state index contributed by atoms with van der Waals surface area (Å²) in [7, 11) is 3.33. The standard InChI is InChI=1S/C14H21NO3S/c1-14(2,17)10-15(3)13(16)9-19-12-7-5-11(18-4)6-8-12/h5-8,17H,9-10H2,1-4H3. The smallest absolute Gasteiger partial charge is 0.232 e. The summed E-state index contributed by atoms with van der Waals surface area (Å²) in [5.74, 6) is 1.16. The maximum absolute atomic E-state index is 11.9. The van der Waals surface area contributed by atoms with Gasteiger partial charge in [-0.1, -0.05) is 0 Å². The summed E-state index contributed by atoms with van der Waals surface area (Å²) in [5, 5.41) is 9.67. The van der Waals surface area contributed by atoms with Gasteiger partial charge in [-0.05, 0) is 38.1 Å². The topological polar surface area (TPSA) is 49.8 Å². The fourth-order valence-electron chi connectivity index (χ4n) is 1.60. The first-order valence-electron chi connectivity index (χ1n) is 6.05. The third-order valence-corrected chi connectivity index (χ3v) is 3.47. The van der Waals surface area contributed by atoms with Gasteiger partial charge in [0.15, 0.2) is 0 Å². The molecule has 1 N–H and O–H groups in total. The highest BCUT2D eigenvalue weighted by atomic mass is 32.2. The molecule has 0 aliphatic rings. The lowest BCUT2D eigenvalue weighted by molar-refractivity contribution is -0.129. The lowest BCUT2D eigenvalue weighted by Gasteiger charge is -2.25. The highest BCUT2D eigenvalue weighted by Crippen LogP contribution is 2.21. The van der Waals surface area contributed by atoms with Crippen LogP contribution in [0, 0.1) is 0 Å². The van der Waals surface area contributed by atoms with Gasteiger partial charge in [0.1, 0.15) is 5.75 Å². The Bertz CT molecular complexity index is 412. The van der Waals surface area contributed by atoms with Crippen LogP contribution in [0.5, 0.6) is 5.75 Å². The molecular formula is C14H21NO3S. The van der Waals surface area contributed by atoms with E-state index in [-0.39, 0.29) is 5.91 Å². The van der Waals surface area contributed by atoms with E-state index in [9.17, 15) is 9.90 Å². The number of benzene rings is 1. The quantitative estimate of drug-likeness (QED) is 0.812.